The Bertz CT molecular complexity index is 870. The van der Waals surface area contributed by atoms with Crippen molar-refractivity contribution in [3.05, 3.63) is 34.9 Å². The number of alkyl carbamates (subject to hydrolysis) is 1. The predicted octanol–water partition coefficient (Wildman–Crippen LogP) is 4.58. The average Bonchev–Trinajstić information content (AvgIpc) is 2.94. The van der Waals surface area contributed by atoms with E-state index in [-0.39, 0.29) is 31.1 Å². The molecule has 9 heteroatoms. The van der Waals surface area contributed by atoms with Crippen molar-refractivity contribution in [1.82, 2.24) is 21.3 Å². The first-order chi connectivity index (χ1) is 18.4. The molecule has 0 aromatic heterocycles. The molecule has 1 heterocycles. The molecule has 0 radical (unpaired) electrons. The smallest absolute Gasteiger partial charge is 0.406 e. The number of methoxy groups -OCH3 is 1. The molecule has 0 bridgehead atoms. The number of nitrogens with one attached hydrogen (secondary N) is 4. The summed E-state index contributed by atoms with van der Waals surface area (Å²) in [6.07, 6.45) is 8.79. The van der Waals surface area contributed by atoms with Gasteiger partial charge in [-0.3, -0.25) is 4.79 Å². The molecule has 3 rings (SSSR count). The minimum absolute atomic E-state index is 0.0186. The fraction of sp³-hybridized carbons (Fsp3) is 0.724. The van der Waals surface area contributed by atoms with Gasteiger partial charge in [0.1, 0.15) is 0 Å². The Balaban J connectivity index is 1.88. The second kappa shape index (κ2) is 15.7. The van der Waals surface area contributed by atoms with Gasteiger partial charge in [0.15, 0.2) is 0 Å². The van der Waals surface area contributed by atoms with Crippen LogP contribution in [0.1, 0.15) is 76.4 Å². The van der Waals surface area contributed by atoms with Gasteiger partial charge < -0.3 is 30.7 Å². The molecule has 2 fully saturated rings. The molecule has 1 aromatic carbocycles. The molecule has 1 aliphatic heterocycles. The van der Waals surface area contributed by atoms with Gasteiger partial charge in [-0.2, -0.15) is 0 Å². The van der Waals surface area contributed by atoms with Crippen molar-refractivity contribution >= 4 is 23.6 Å². The molecule has 0 spiro atoms. The number of rotatable bonds is 13. The fourth-order valence-corrected chi connectivity index (χ4v) is 6.42. The van der Waals surface area contributed by atoms with Gasteiger partial charge in [-0.05, 0) is 62.9 Å². The number of likely N-dealkylation sites (N-methyl/N-ethyl adjacent to an activating group) is 1. The third kappa shape index (κ3) is 8.31. The van der Waals surface area contributed by atoms with Gasteiger partial charge in [-0.25, -0.2) is 4.79 Å². The number of ether oxygens (including phenoxy) is 2. The first kappa shape index (κ1) is 30.7. The number of hydrogen-bond donors (Lipinski definition) is 4. The lowest BCUT2D eigenvalue weighted by molar-refractivity contribution is -0.146. The van der Waals surface area contributed by atoms with Gasteiger partial charge in [0, 0.05) is 30.2 Å². The maximum absolute atomic E-state index is 14.4. The second-order valence-electron chi connectivity index (χ2n) is 10.8. The molecular formula is C29H47ClN4O4. The SMILES string of the molecule is CC[C@@H](NC)[C@H](CC1CCCCC1)NC(=O)[C@]1([C@H](OCCNC(=O)OC)c2cccc(Cl)c2)CCCNC1. The number of amides is 2. The number of carbonyl (C=O) groups is 2. The quantitative estimate of drug-likeness (QED) is 0.268. The molecule has 1 aliphatic carbocycles. The molecule has 4 atom stereocenters. The molecule has 4 N–H and O–H groups in total. The highest BCUT2D eigenvalue weighted by Gasteiger charge is 2.49. The normalized spacial score (nSPS) is 22.7. The molecule has 0 unspecified atom stereocenters. The van der Waals surface area contributed by atoms with Crippen LogP contribution in [0.25, 0.3) is 0 Å². The van der Waals surface area contributed by atoms with E-state index in [1.54, 1.807) is 0 Å². The number of carbonyl (C=O) groups excluding carboxylic acids is 2. The van der Waals surface area contributed by atoms with Gasteiger partial charge in [-0.1, -0.05) is 62.8 Å². The summed E-state index contributed by atoms with van der Waals surface area (Å²) in [5.74, 6) is 0.659. The van der Waals surface area contributed by atoms with E-state index in [1.165, 1.54) is 39.2 Å². The van der Waals surface area contributed by atoms with Crippen LogP contribution >= 0.6 is 11.6 Å². The summed E-state index contributed by atoms with van der Waals surface area (Å²) >= 11 is 6.39. The van der Waals surface area contributed by atoms with Crippen LogP contribution in [0.3, 0.4) is 0 Å². The van der Waals surface area contributed by atoms with Crippen molar-refractivity contribution in [3.63, 3.8) is 0 Å². The van der Waals surface area contributed by atoms with Crippen molar-refractivity contribution in [1.29, 1.82) is 0 Å². The van der Waals surface area contributed by atoms with E-state index < -0.39 is 17.6 Å². The Morgan fingerprint density at radius 1 is 1.18 bits per heavy atom. The Hall–Kier alpha value is -1.87. The molecule has 38 heavy (non-hydrogen) atoms. The van der Waals surface area contributed by atoms with Crippen molar-refractivity contribution in [3.8, 4) is 0 Å². The zero-order valence-electron chi connectivity index (χ0n) is 23.3. The Kier molecular flexibility index (Phi) is 12.6. The Labute approximate surface area is 233 Å². The van der Waals surface area contributed by atoms with Crippen LogP contribution in [0.4, 0.5) is 4.79 Å². The predicted molar refractivity (Wildman–Crippen MR) is 151 cm³/mol. The molecule has 1 saturated carbocycles. The lowest BCUT2D eigenvalue weighted by atomic mass is 9.72. The zero-order chi connectivity index (χ0) is 27.4. The molecule has 2 aliphatic rings. The van der Waals surface area contributed by atoms with E-state index in [0.717, 1.165) is 31.4 Å². The van der Waals surface area contributed by atoms with Crippen LogP contribution in [0.15, 0.2) is 24.3 Å². The van der Waals surface area contributed by atoms with Gasteiger partial charge in [0.2, 0.25) is 5.91 Å². The minimum atomic E-state index is -0.814. The molecule has 1 aromatic rings. The topological polar surface area (TPSA) is 101 Å². The van der Waals surface area contributed by atoms with Crippen LogP contribution in [0.5, 0.6) is 0 Å². The van der Waals surface area contributed by atoms with E-state index in [9.17, 15) is 9.59 Å². The average molecular weight is 551 g/mol. The van der Waals surface area contributed by atoms with E-state index in [0.29, 0.717) is 23.9 Å². The van der Waals surface area contributed by atoms with Crippen LogP contribution in [-0.2, 0) is 14.3 Å². The van der Waals surface area contributed by atoms with Gasteiger partial charge >= 0.3 is 6.09 Å². The van der Waals surface area contributed by atoms with Crippen molar-refractivity contribution < 1.29 is 19.1 Å². The largest absolute Gasteiger partial charge is 0.453 e. The number of halogens is 1. The highest BCUT2D eigenvalue weighted by Crippen LogP contribution is 2.43. The second-order valence-corrected chi connectivity index (χ2v) is 11.2. The third-order valence-corrected chi connectivity index (χ3v) is 8.52. The van der Waals surface area contributed by atoms with Crippen LogP contribution in [0, 0.1) is 11.3 Å². The van der Waals surface area contributed by atoms with Crippen molar-refractivity contribution in [2.24, 2.45) is 11.3 Å². The summed E-state index contributed by atoms with van der Waals surface area (Å²) in [6.45, 7) is 4.05. The molecule has 1 saturated heterocycles. The minimum Gasteiger partial charge on any atom is -0.453 e. The van der Waals surface area contributed by atoms with E-state index in [4.69, 9.17) is 16.3 Å². The summed E-state index contributed by atoms with van der Waals surface area (Å²) in [5.41, 5.74) is 0.0457. The van der Waals surface area contributed by atoms with Gasteiger partial charge in [-0.15, -0.1) is 0 Å². The summed E-state index contributed by atoms with van der Waals surface area (Å²) in [6, 6.07) is 7.81. The molecule has 2 amide bonds. The third-order valence-electron chi connectivity index (χ3n) is 8.29. The van der Waals surface area contributed by atoms with Crippen molar-refractivity contribution in [2.75, 3.05) is 40.4 Å². The Morgan fingerprint density at radius 2 is 1.97 bits per heavy atom. The lowest BCUT2D eigenvalue weighted by Gasteiger charge is -2.44. The monoisotopic (exact) mass is 550 g/mol. The summed E-state index contributed by atoms with van der Waals surface area (Å²) in [4.78, 5) is 26.0. The molecule has 214 valence electrons. The lowest BCUT2D eigenvalue weighted by Crippen LogP contribution is -2.59. The summed E-state index contributed by atoms with van der Waals surface area (Å²) < 4.78 is 11.1. The van der Waals surface area contributed by atoms with Crippen molar-refractivity contribution in [2.45, 2.75) is 82.9 Å². The number of benzene rings is 1. The molecular weight excluding hydrogens is 504 g/mol. The van der Waals surface area contributed by atoms with Crippen LogP contribution in [0.2, 0.25) is 5.02 Å². The van der Waals surface area contributed by atoms with Crippen LogP contribution < -0.4 is 21.3 Å². The maximum Gasteiger partial charge on any atom is 0.406 e. The van der Waals surface area contributed by atoms with Gasteiger partial charge in [0.05, 0.1) is 25.2 Å². The highest BCUT2D eigenvalue weighted by atomic mass is 35.5. The van der Waals surface area contributed by atoms with E-state index in [1.807, 2.05) is 31.3 Å². The van der Waals surface area contributed by atoms with E-state index in [2.05, 4.69) is 32.9 Å². The first-order valence-corrected chi connectivity index (χ1v) is 14.7. The molecule has 8 nitrogen and oxygen atoms in total. The first-order valence-electron chi connectivity index (χ1n) is 14.3. The fourth-order valence-electron chi connectivity index (χ4n) is 6.22. The van der Waals surface area contributed by atoms with Crippen LogP contribution in [-0.4, -0.2) is 64.5 Å². The standard InChI is InChI=1S/C29H47ClN4O4/c1-4-24(31-2)25(18-21-10-6-5-7-11-21)34-27(35)29(14-9-15-32-20-29)26(22-12-8-13-23(30)19-22)38-17-16-33-28(36)37-3/h8,12-13,19,21,24-26,31-32H,4-7,9-11,14-18,20H2,1-3H3,(H,33,36)(H,34,35)/t24-,25+,26-,29-/m1/s1. The van der Waals surface area contributed by atoms with Gasteiger partial charge in [0.25, 0.3) is 0 Å². The number of piperidine rings is 1. The summed E-state index contributed by atoms with van der Waals surface area (Å²) in [7, 11) is 3.31. The zero-order valence-corrected chi connectivity index (χ0v) is 24.1. The Morgan fingerprint density at radius 3 is 2.61 bits per heavy atom. The highest BCUT2D eigenvalue weighted by molar-refractivity contribution is 6.30. The number of hydrogen-bond acceptors (Lipinski definition) is 6. The van der Waals surface area contributed by atoms with E-state index >= 15 is 0 Å². The maximum atomic E-state index is 14.4. The summed E-state index contributed by atoms with van der Waals surface area (Å²) in [5, 5.41) is 13.7.